The summed E-state index contributed by atoms with van der Waals surface area (Å²) >= 11 is 0. The number of hydrogen-bond acceptors (Lipinski definition) is 2. The molecule has 17 heavy (non-hydrogen) atoms. The second kappa shape index (κ2) is 10.4. The average Bonchev–Trinajstić information content (AvgIpc) is 2.36. The Morgan fingerprint density at radius 1 is 1.24 bits per heavy atom. The molecule has 2 amide bonds. The zero-order valence-electron chi connectivity index (χ0n) is 11.5. The molecule has 0 unspecified atom stereocenters. The number of rotatable bonds is 9. The summed E-state index contributed by atoms with van der Waals surface area (Å²) in [5, 5.41) is 14.6. The molecule has 0 rings (SSSR count). The molecule has 0 spiro atoms. The Balaban J connectivity index is 3.79. The zero-order valence-corrected chi connectivity index (χ0v) is 11.5. The molecule has 0 radical (unpaired) electrons. The summed E-state index contributed by atoms with van der Waals surface area (Å²) < 4.78 is 0. The van der Waals surface area contributed by atoms with E-state index < -0.39 is 0 Å². The third kappa shape index (κ3) is 8.02. The fourth-order valence-electron chi connectivity index (χ4n) is 1.69. The van der Waals surface area contributed by atoms with Gasteiger partial charge in [-0.15, -0.1) is 0 Å². The molecule has 0 aliphatic rings. The summed E-state index contributed by atoms with van der Waals surface area (Å²) in [6.07, 6.45) is 5.43. The molecule has 4 nitrogen and oxygen atoms in total. The van der Waals surface area contributed by atoms with Gasteiger partial charge < -0.3 is 15.7 Å². The SMILES string of the molecule is CCCC[C@H](CC)CNC(=O)N[C@@H](CC)CO. The summed E-state index contributed by atoms with van der Waals surface area (Å²) in [4.78, 5) is 11.5. The molecule has 0 heterocycles. The molecule has 0 aromatic heterocycles. The van der Waals surface area contributed by atoms with E-state index in [2.05, 4.69) is 24.5 Å². The zero-order chi connectivity index (χ0) is 13.1. The van der Waals surface area contributed by atoms with Crippen molar-refractivity contribution in [1.29, 1.82) is 0 Å². The van der Waals surface area contributed by atoms with E-state index in [-0.39, 0.29) is 18.7 Å². The van der Waals surface area contributed by atoms with E-state index in [0.717, 1.165) is 19.4 Å². The first-order valence-corrected chi connectivity index (χ1v) is 6.83. The number of hydrogen-bond donors (Lipinski definition) is 3. The standard InChI is InChI=1S/C13H28N2O2/c1-4-7-8-11(5-2)9-14-13(17)15-12(6-3)10-16/h11-12,16H,4-10H2,1-3H3,(H2,14,15,17)/t11-,12-/m0/s1. The third-order valence-corrected chi connectivity index (χ3v) is 3.14. The predicted molar refractivity (Wildman–Crippen MR) is 71.0 cm³/mol. The highest BCUT2D eigenvalue weighted by molar-refractivity contribution is 5.74. The maximum absolute atomic E-state index is 11.5. The van der Waals surface area contributed by atoms with Gasteiger partial charge in [0.1, 0.15) is 0 Å². The molecular formula is C13H28N2O2. The Morgan fingerprint density at radius 2 is 1.94 bits per heavy atom. The fraction of sp³-hybridized carbons (Fsp3) is 0.923. The molecule has 0 aromatic rings. The van der Waals surface area contributed by atoms with Gasteiger partial charge in [-0.3, -0.25) is 0 Å². The summed E-state index contributed by atoms with van der Waals surface area (Å²) in [6.45, 7) is 7.00. The maximum Gasteiger partial charge on any atom is 0.315 e. The number of urea groups is 1. The van der Waals surface area contributed by atoms with Gasteiger partial charge in [-0.25, -0.2) is 4.79 Å². The van der Waals surface area contributed by atoms with E-state index in [1.165, 1.54) is 19.3 Å². The van der Waals surface area contributed by atoms with E-state index in [1.807, 2.05) is 6.92 Å². The molecule has 2 atom stereocenters. The molecule has 0 aliphatic carbocycles. The van der Waals surface area contributed by atoms with Crippen LogP contribution in [0.5, 0.6) is 0 Å². The van der Waals surface area contributed by atoms with Gasteiger partial charge in [0.15, 0.2) is 0 Å². The first kappa shape index (κ1) is 16.2. The number of nitrogens with one attached hydrogen (secondary N) is 2. The summed E-state index contributed by atoms with van der Waals surface area (Å²) in [7, 11) is 0. The first-order valence-electron chi connectivity index (χ1n) is 6.83. The van der Waals surface area contributed by atoms with Crippen LogP contribution in [0, 0.1) is 5.92 Å². The Bertz CT molecular complexity index is 194. The smallest absolute Gasteiger partial charge is 0.315 e. The average molecular weight is 244 g/mol. The molecule has 102 valence electrons. The lowest BCUT2D eigenvalue weighted by atomic mass is 9.99. The molecule has 0 saturated heterocycles. The second-order valence-electron chi connectivity index (χ2n) is 4.56. The van der Waals surface area contributed by atoms with Crippen LogP contribution in [0.1, 0.15) is 52.9 Å². The van der Waals surface area contributed by atoms with Crippen molar-refractivity contribution in [2.75, 3.05) is 13.2 Å². The molecule has 0 fully saturated rings. The van der Waals surface area contributed by atoms with Crippen molar-refractivity contribution in [3.05, 3.63) is 0 Å². The summed E-state index contributed by atoms with van der Waals surface area (Å²) in [5.41, 5.74) is 0. The van der Waals surface area contributed by atoms with Crippen molar-refractivity contribution < 1.29 is 9.90 Å². The number of amides is 2. The van der Waals surface area contributed by atoms with Crippen LogP contribution >= 0.6 is 0 Å². The van der Waals surface area contributed by atoms with Gasteiger partial charge in [-0.2, -0.15) is 0 Å². The quantitative estimate of drug-likeness (QED) is 0.582. The van der Waals surface area contributed by atoms with Crippen LogP contribution in [-0.2, 0) is 0 Å². The molecule has 0 aromatic carbocycles. The van der Waals surface area contributed by atoms with Gasteiger partial charge >= 0.3 is 6.03 Å². The maximum atomic E-state index is 11.5. The minimum atomic E-state index is -0.166. The van der Waals surface area contributed by atoms with Crippen LogP contribution in [0.4, 0.5) is 4.79 Å². The second-order valence-corrected chi connectivity index (χ2v) is 4.56. The highest BCUT2D eigenvalue weighted by Gasteiger charge is 2.11. The lowest BCUT2D eigenvalue weighted by Crippen LogP contribution is -2.44. The van der Waals surface area contributed by atoms with Crippen LogP contribution < -0.4 is 10.6 Å². The van der Waals surface area contributed by atoms with Crippen molar-refractivity contribution in [3.63, 3.8) is 0 Å². The van der Waals surface area contributed by atoms with Crippen molar-refractivity contribution in [1.82, 2.24) is 10.6 Å². The van der Waals surface area contributed by atoms with Crippen LogP contribution in [0.15, 0.2) is 0 Å². The minimum absolute atomic E-state index is 0.00301. The van der Waals surface area contributed by atoms with Gasteiger partial charge in [0.2, 0.25) is 0 Å². The van der Waals surface area contributed by atoms with Gasteiger partial charge in [0, 0.05) is 6.54 Å². The van der Waals surface area contributed by atoms with E-state index in [1.54, 1.807) is 0 Å². The molecule has 0 saturated carbocycles. The van der Waals surface area contributed by atoms with E-state index in [4.69, 9.17) is 5.11 Å². The summed E-state index contributed by atoms with van der Waals surface area (Å²) in [6, 6.07) is -0.299. The number of carbonyl (C=O) groups is 1. The van der Waals surface area contributed by atoms with Gasteiger partial charge in [-0.05, 0) is 18.8 Å². The molecule has 0 bridgehead atoms. The van der Waals surface area contributed by atoms with Crippen molar-refractivity contribution in [2.45, 2.75) is 58.9 Å². The van der Waals surface area contributed by atoms with Crippen molar-refractivity contribution in [3.8, 4) is 0 Å². The molecule has 3 N–H and O–H groups in total. The normalized spacial score (nSPS) is 14.1. The monoisotopic (exact) mass is 244 g/mol. The topological polar surface area (TPSA) is 61.4 Å². The molecular weight excluding hydrogens is 216 g/mol. The largest absolute Gasteiger partial charge is 0.394 e. The molecule has 0 aliphatic heterocycles. The summed E-state index contributed by atoms with van der Waals surface area (Å²) in [5.74, 6) is 0.565. The number of aliphatic hydroxyl groups excluding tert-OH is 1. The number of carbonyl (C=O) groups excluding carboxylic acids is 1. The van der Waals surface area contributed by atoms with Crippen molar-refractivity contribution in [2.24, 2.45) is 5.92 Å². The van der Waals surface area contributed by atoms with Crippen LogP contribution in [-0.4, -0.2) is 30.3 Å². The Morgan fingerprint density at radius 3 is 2.41 bits per heavy atom. The highest BCUT2D eigenvalue weighted by Crippen LogP contribution is 2.10. The number of aliphatic hydroxyl groups is 1. The lowest BCUT2D eigenvalue weighted by Gasteiger charge is -2.18. The van der Waals surface area contributed by atoms with E-state index in [9.17, 15) is 4.79 Å². The van der Waals surface area contributed by atoms with E-state index in [0.29, 0.717) is 5.92 Å². The minimum Gasteiger partial charge on any atom is -0.394 e. The Hall–Kier alpha value is -0.770. The van der Waals surface area contributed by atoms with Crippen LogP contribution in [0.2, 0.25) is 0 Å². The van der Waals surface area contributed by atoms with Gasteiger partial charge in [-0.1, -0.05) is 40.0 Å². The van der Waals surface area contributed by atoms with Crippen molar-refractivity contribution >= 4 is 6.03 Å². The van der Waals surface area contributed by atoms with Crippen LogP contribution in [0.3, 0.4) is 0 Å². The fourth-order valence-corrected chi connectivity index (χ4v) is 1.69. The highest BCUT2D eigenvalue weighted by atomic mass is 16.3. The first-order chi connectivity index (χ1) is 8.17. The Labute approximate surface area is 105 Å². The third-order valence-electron chi connectivity index (χ3n) is 3.14. The van der Waals surface area contributed by atoms with Gasteiger partial charge in [0.25, 0.3) is 0 Å². The van der Waals surface area contributed by atoms with E-state index >= 15 is 0 Å². The Kier molecular flexibility index (Phi) is 9.92. The van der Waals surface area contributed by atoms with Crippen LogP contribution in [0.25, 0.3) is 0 Å². The van der Waals surface area contributed by atoms with Gasteiger partial charge in [0.05, 0.1) is 12.6 Å². The molecule has 4 heteroatoms. The number of unbranched alkanes of at least 4 members (excludes halogenated alkanes) is 1. The lowest BCUT2D eigenvalue weighted by molar-refractivity contribution is 0.213. The predicted octanol–water partition coefficient (Wildman–Crippen LogP) is 2.27.